The molecule has 1 atom stereocenters. The molecule has 9 nitrogen and oxygen atoms in total. The number of rotatable bonds is 8. The molecule has 0 aliphatic carbocycles. The number of carbonyl (C=O) groups excluding carboxylic acids is 3. The molecule has 0 spiro atoms. The van der Waals surface area contributed by atoms with Gasteiger partial charge < -0.3 is 14.7 Å². The second-order valence-corrected chi connectivity index (χ2v) is 7.56. The van der Waals surface area contributed by atoms with E-state index >= 15 is 0 Å². The molecule has 160 valence electrons. The Bertz CT molecular complexity index is 840. The molecule has 2 heterocycles. The third-order valence-corrected chi connectivity index (χ3v) is 5.15. The van der Waals surface area contributed by atoms with Crippen LogP contribution in [-0.2, 0) is 20.9 Å². The van der Waals surface area contributed by atoms with E-state index in [0.29, 0.717) is 19.5 Å². The molecular formula is C21H28N6O3. The van der Waals surface area contributed by atoms with E-state index in [1.54, 1.807) is 22.3 Å². The number of nitrogens with zero attached hydrogens (tertiary/aromatic N) is 6. The van der Waals surface area contributed by atoms with Gasteiger partial charge in [0.15, 0.2) is 0 Å². The Balaban J connectivity index is 1.80. The summed E-state index contributed by atoms with van der Waals surface area (Å²) in [6.45, 7) is 4.88. The monoisotopic (exact) mass is 412 g/mol. The van der Waals surface area contributed by atoms with Crippen LogP contribution in [0.3, 0.4) is 0 Å². The number of hydrogen-bond donors (Lipinski definition) is 0. The maximum absolute atomic E-state index is 12.8. The molecule has 2 aliphatic heterocycles. The van der Waals surface area contributed by atoms with Gasteiger partial charge in [0, 0.05) is 27.2 Å². The molecule has 0 bridgehead atoms. The van der Waals surface area contributed by atoms with Crippen molar-refractivity contribution in [3.8, 4) is 0 Å². The van der Waals surface area contributed by atoms with E-state index in [2.05, 4.69) is 11.6 Å². The average Bonchev–Trinajstić information content (AvgIpc) is 2.72. The number of fused-ring (bicyclic) bond motifs is 1. The summed E-state index contributed by atoms with van der Waals surface area (Å²) in [7, 11) is 3.78. The molecule has 1 unspecified atom stereocenters. The molecule has 1 aromatic rings. The van der Waals surface area contributed by atoms with Crippen LogP contribution in [0.5, 0.6) is 0 Å². The molecule has 9 heteroatoms. The van der Waals surface area contributed by atoms with Crippen molar-refractivity contribution in [1.82, 2.24) is 24.7 Å². The van der Waals surface area contributed by atoms with Crippen LogP contribution >= 0.6 is 0 Å². The fraction of sp³-hybridized carbons (Fsp3) is 0.429. The fourth-order valence-corrected chi connectivity index (χ4v) is 3.62. The lowest BCUT2D eigenvalue weighted by atomic mass is 10.1. The van der Waals surface area contributed by atoms with Crippen molar-refractivity contribution >= 4 is 30.3 Å². The summed E-state index contributed by atoms with van der Waals surface area (Å²) in [5, 5.41) is 3.25. The van der Waals surface area contributed by atoms with Crippen molar-refractivity contribution < 1.29 is 14.4 Å². The van der Waals surface area contributed by atoms with Crippen LogP contribution in [-0.4, -0.2) is 95.7 Å². The Morgan fingerprint density at radius 2 is 1.97 bits per heavy atom. The highest BCUT2D eigenvalue weighted by molar-refractivity contribution is 5.88. The lowest BCUT2D eigenvalue weighted by Crippen LogP contribution is -2.71. The first-order valence-corrected chi connectivity index (χ1v) is 9.89. The van der Waals surface area contributed by atoms with Gasteiger partial charge in [-0.1, -0.05) is 24.3 Å². The van der Waals surface area contributed by atoms with Crippen LogP contribution < -0.4 is 0 Å². The van der Waals surface area contributed by atoms with E-state index in [1.807, 2.05) is 43.3 Å². The van der Waals surface area contributed by atoms with Crippen LogP contribution in [0, 0.1) is 0 Å². The van der Waals surface area contributed by atoms with E-state index in [0.717, 1.165) is 17.7 Å². The number of para-hydroxylation sites is 1. The van der Waals surface area contributed by atoms with Gasteiger partial charge >= 0.3 is 0 Å². The van der Waals surface area contributed by atoms with Crippen molar-refractivity contribution in [3.63, 3.8) is 0 Å². The molecule has 0 radical (unpaired) electrons. The molecule has 0 N–H and O–H groups in total. The Morgan fingerprint density at radius 3 is 2.67 bits per heavy atom. The summed E-state index contributed by atoms with van der Waals surface area (Å²) in [6.07, 6.45) is 4.34. The predicted octanol–water partition coefficient (Wildman–Crippen LogP) is 0.670. The third-order valence-electron chi connectivity index (χ3n) is 5.15. The van der Waals surface area contributed by atoms with Crippen LogP contribution in [0.25, 0.3) is 0 Å². The van der Waals surface area contributed by atoms with Gasteiger partial charge in [-0.25, -0.2) is 10.0 Å². The van der Waals surface area contributed by atoms with Crippen molar-refractivity contribution in [2.45, 2.75) is 19.1 Å². The van der Waals surface area contributed by atoms with Crippen molar-refractivity contribution in [3.05, 3.63) is 42.5 Å². The summed E-state index contributed by atoms with van der Waals surface area (Å²) in [5.41, 5.74) is 1.68. The molecule has 30 heavy (non-hydrogen) atoms. The van der Waals surface area contributed by atoms with Gasteiger partial charge in [0.1, 0.15) is 12.7 Å². The van der Waals surface area contributed by atoms with E-state index < -0.39 is 6.17 Å². The molecule has 3 amide bonds. The smallest absolute Gasteiger partial charge is 0.242 e. The number of carbonyl (C=O) groups is 3. The minimum Gasteiger partial charge on any atom is -0.369 e. The van der Waals surface area contributed by atoms with Crippen LogP contribution in [0.4, 0.5) is 5.69 Å². The first-order chi connectivity index (χ1) is 14.4. The highest BCUT2D eigenvalue weighted by atomic mass is 16.2. The lowest BCUT2D eigenvalue weighted by molar-refractivity contribution is -0.193. The van der Waals surface area contributed by atoms with Gasteiger partial charge in [-0.05, 0) is 18.1 Å². The minimum absolute atomic E-state index is 0.0354. The average molecular weight is 412 g/mol. The normalized spacial score (nSPS) is 19.9. The van der Waals surface area contributed by atoms with Crippen LogP contribution in [0.1, 0.15) is 12.0 Å². The first-order valence-electron chi connectivity index (χ1n) is 9.89. The number of piperazine rings is 1. The molecule has 1 aromatic carbocycles. The maximum Gasteiger partial charge on any atom is 0.242 e. The Hall–Kier alpha value is -3.20. The summed E-state index contributed by atoms with van der Waals surface area (Å²) in [6, 6.07) is 7.64. The van der Waals surface area contributed by atoms with Gasteiger partial charge in [-0.2, -0.15) is 0 Å². The Labute approximate surface area is 176 Å². The Kier molecular flexibility index (Phi) is 6.83. The highest BCUT2D eigenvalue weighted by Gasteiger charge is 2.44. The quantitative estimate of drug-likeness (QED) is 0.271. The number of benzene rings is 1. The number of amides is 3. The van der Waals surface area contributed by atoms with E-state index in [1.165, 1.54) is 9.91 Å². The van der Waals surface area contributed by atoms with Crippen molar-refractivity contribution in [2.24, 2.45) is 4.99 Å². The van der Waals surface area contributed by atoms with Gasteiger partial charge in [0.25, 0.3) is 0 Å². The lowest BCUT2D eigenvalue weighted by Gasteiger charge is -2.51. The zero-order chi connectivity index (χ0) is 21.7. The van der Waals surface area contributed by atoms with Crippen LogP contribution in [0.15, 0.2) is 41.9 Å². The number of hydrazine groups is 1. The molecule has 2 fully saturated rings. The Morgan fingerprint density at radius 1 is 1.20 bits per heavy atom. The van der Waals surface area contributed by atoms with Gasteiger partial charge in [0.2, 0.25) is 18.2 Å². The standard InChI is InChI=1S/C21H28N6O3/c1-4-5-10-25-13-21(30)26-14-20(29)24(12-19(26)27(25)16-28)11-17-8-6-7-9-18(17)22-15-23(2)3/h4,6-9,15-16,19H,1,5,10-14H2,2-3H3. The molecule has 2 aliphatic rings. The zero-order valence-corrected chi connectivity index (χ0v) is 17.5. The fourth-order valence-electron chi connectivity index (χ4n) is 3.62. The third kappa shape index (κ3) is 4.68. The van der Waals surface area contributed by atoms with E-state index in [9.17, 15) is 14.4 Å². The minimum atomic E-state index is -0.510. The second-order valence-electron chi connectivity index (χ2n) is 7.56. The molecular weight excluding hydrogens is 384 g/mol. The summed E-state index contributed by atoms with van der Waals surface area (Å²) in [5.74, 6) is -0.289. The van der Waals surface area contributed by atoms with Gasteiger partial charge in [-0.15, -0.1) is 6.58 Å². The molecule has 0 aromatic heterocycles. The molecule has 3 rings (SSSR count). The van der Waals surface area contributed by atoms with Gasteiger partial charge in [0.05, 0.1) is 25.1 Å². The summed E-state index contributed by atoms with van der Waals surface area (Å²) >= 11 is 0. The summed E-state index contributed by atoms with van der Waals surface area (Å²) < 4.78 is 0. The number of hydrogen-bond acceptors (Lipinski definition) is 5. The van der Waals surface area contributed by atoms with E-state index in [-0.39, 0.29) is 31.4 Å². The largest absolute Gasteiger partial charge is 0.369 e. The maximum atomic E-state index is 12.8. The van der Waals surface area contributed by atoms with E-state index in [4.69, 9.17) is 0 Å². The molecule has 2 saturated heterocycles. The topological polar surface area (TPSA) is 79.8 Å². The summed E-state index contributed by atoms with van der Waals surface area (Å²) in [4.78, 5) is 46.7. The number of aliphatic imine (C=N–C) groups is 1. The second kappa shape index (κ2) is 9.53. The van der Waals surface area contributed by atoms with Crippen molar-refractivity contribution in [2.75, 3.05) is 40.3 Å². The van der Waals surface area contributed by atoms with Crippen molar-refractivity contribution in [1.29, 1.82) is 0 Å². The zero-order valence-electron chi connectivity index (χ0n) is 17.5. The van der Waals surface area contributed by atoms with Crippen LogP contribution in [0.2, 0.25) is 0 Å². The predicted molar refractivity (Wildman–Crippen MR) is 113 cm³/mol. The molecule has 0 saturated carbocycles. The first kappa shape index (κ1) is 21.5. The van der Waals surface area contributed by atoms with Gasteiger partial charge in [-0.3, -0.25) is 19.4 Å². The highest BCUT2D eigenvalue weighted by Crippen LogP contribution is 2.25. The SMILES string of the molecule is C=CCCN1CC(=O)N2CC(=O)N(Cc3ccccc3N=CN(C)C)CC2N1C=O.